The van der Waals surface area contributed by atoms with Gasteiger partial charge in [-0.1, -0.05) is 0 Å². The molecule has 3 fully saturated rings. The highest BCUT2D eigenvalue weighted by molar-refractivity contribution is 5.83. The standard InChI is InChI=1S/C9H13NO/c11-8-7-3-4-9(7,5-10-8)6-1-2-6/h6-7H,1-5H2,(H,10,11). The van der Waals surface area contributed by atoms with Gasteiger partial charge in [0.1, 0.15) is 0 Å². The molecule has 2 saturated carbocycles. The van der Waals surface area contributed by atoms with E-state index >= 15 is 0 Å². The van der Waals surface area contributed by atoms with E-state index in [-0.39, 0.29) is 0 Å². The molecule has 1 N–H and O–H groups in total. The first-order valence-corrected chi connectivity index (χ1v) is 4.61. The number of hydrogen-bond donors (Lipinski definition) is 1. The Morgan fingerprint density at radius 2 is 2.18 bits per heavy atom. The number of nitrogens with one attached hydrogen (secondary N) is 1. The molecule has 2 aliphatic carbocycles. The number of hydrogen-bond acceptors (Lipinski definition) is 1. The average molecular weight is 151 g/mol. The Morgan fingerprint density at radius 3 is 2.64 bits per heavy atom. The molecule has 2 nitrogen and oxygen atoms in total. The topological polar surface area (TPSA) is 29.1 Å². The van der Waals surface area contributed by atoms with E-state index in [0.717, 1.165) is 18.9 Å². The molecule has 3 rings (SSSR count). The molecule has 1 amide bonds. The van der Waals surface area contributed by atoms with E-state index in [1.165, 1.54) is 19.3 Å². The Bertz CT molecular complexity index is 222. The largest absolute Gasteiger partial charge is 0.355 e. The van der Waals surface area contributed by atoms with E-state index in [9.17, 15) is 4.79 Å². The maximum absolute atomic E-state index is 11.3. The Labute approximate surface area is 66.4 Å². The van der Waals surface area contributed by atoms with Crippen LogP contribution in [0.4, 0.5) is 0 Å². The van der Waals surface area contributed by atoms with Crippen LogP contribution in [0.25, 0.3) is 0 Å². The zero-order valence-corrected chi connectivity index (χ0v) is 6.60. The predicted molar refractivity (Wildman–Crippen MR) is 40.9 cm³/mol. The van der Waals surface area contributed by atoms with Gasteiger partial charge in [0.2, 0.25) is 5.91 Å². The molecule has 1 aliphatic heterocycles. The third-order valence-electron chi connectivity index (χ3n) is 3.89. The van der Waals surface area contributed by atoms with Crippen LogP contribution in [0.5, 0.6) is 0 Å². The van der Waals surface area contributed by atoms with Gasteiger partial charge in [-0.15, -0.1) is 0 Å². The van der Waals surface area contributed by atoms with E-state index in [0.29, 0.717) is 17.2 Å². The SMILES string of the molecule is O=C1NCC2(C3CC3)CCC12. The Hall–Kier alpha value is -0.530. The molecule has 3 aliphatic rings. The lowest BCUT2D eigenvalue weighted by Gasteiger charge is -2.43. The number of amides is 1. The lowest BCUT2D eigenvalue weighted by Crippen LogP contribution is -2.42. The molecular weight excluding hydrogens is 138 g/mol. The minimum Gasteiger partial charge on any atom is -0.355 e. The van der Waals surface area contributed by atoms with Gasteiger partial charge in [-0.25, -0.2) is 0 Å². The lowest BCUT2D eigenvalue weighted by molar-refractivity contribution is -0.128. The third-order valence-corrected chi connectivity index (χ3v) is 3.89. The minimum absolute atomic E-state index is 0.336. The molecule has 0 spiro atoms. The quantitative estimate of drug-likeness (QED) is 0.593. The van der Waals surface area contributed by atoms with Crippen LogP contribution in [-0.4, -0.2) is 12.5 Å². The van der Waals surface area contributed by atoms with Gasteiger partial charge < -0.3 is 5.32 Å². The molecule has 60 valence electrons. The summed E-state index contributed by atoms with van der Waals surface area (Å²) in [6.07, 6.45) is 5.22. The fraction of sp³-hybridized carbons (Fsp3) is 0.889. The summed E-state index contributed by atoms with van der Waals surface area (Å²) < 4.78 is 0. The van der Waals surface area contributed by atoms with Crippen molar-refractivity contribution in [3.63, 3.8) is 0 Å². The molecular formula is C9H13NO. The van der Waals surface area contributed by atoms with Gasteiger partial charge in [0, 0.05) is 17.9 Å². The molecule has 0 aromatic rings. The normalized spacial score (nSPS) is 48.0. The van der Waals surface area contributed by atoms with Crippen LogP contribution in [0.1, 0.15) is 25.7 Å². The zero-order chi connectivity index (χ0) is 7.47. The second kappa shape index (κ2) is 1.62. The van der Waals surface area contributed by atoms with Gasteiger partial charge >= 0.3 is 0 Å². The monoisotopic (exact) mass is 151 g/mol. The second-order valence-electron chi connectivity index (χ2n) is 4.32. The highest BCUT2D eigenvalue weighted by atomic mass is 16.2. The van der Waals surface area contributed by atoms with Crippen molar-refractivity contribution in [2.24, 2.45) is 17.3 Å². The molecule has 0 radical (unpaired) electrons. The van der Waals surface area contributed by atoms with Crippen LogP contribution >= 0.6 is 0 Å². The first-order chi connectivity index (χ1) is 5.33. The summed E-state index contributed by atoms with van der Waals surface area (Å²) in [4.78, 5) is 11.3. The number of carbonyl (C=O) groups is 1. The van der Waals surface area contributed by atoms with Gasteiger partial charge in [0.15, 0.2) is 0 Å². The summed E-state index contributed by atoms with van der Waals surface area (Å²) in [6.45, 7) is 0.987. The van der Waals surface area contributed by atoms with Crippen LogP contribution in [0.2, 0.25) is 0 Å². The maximum atomic E-state index is 11.3. The molecule has 1 saturated heterocycles. The minimum atomic E-state index is 0.336. The summed E-state index contributed by atoms with van der Waals surface area (Å²) in [7, 11) is 0. The summed E-state index contributed by atoms with van der Waals surface area (Å²) in [5.74, 6) is 1.65. The van der Waals surface area contributed by atoms with Crippen LogP contribution in [-0.2, 0) is 4.79 Å². The fourth-order valence-electron chi connectivity index (χ4n) is 2.93. The Kier molecular flexibility index (Phi) is 0.890. The molecule has 0 aromatic heterocycles. The first-order valence-electron chi connectivity index (χ1n) is 4.61. The van der Waals surface area contributed by atoms with Crippen LogP contribution in [0, 0.1) is 17.3 Å². The van der Waals surface area contributed by atoms with Crippen molar-refractivity contribution < 1.29 is 4.79 Å². The predicted octanol–water partition coefficient (Wildman–Crippen LogP) is 0.923. The summed E-state index contributed by atoms with van der Waals surface area (Å²) in [5.41, 5.74) is 0.455. The highest BCUT2D eigenvalue weighted by Gasteiger charge is 2.61. The highest BCUT2D eigenvalue weighted by Crippen LogP contribution is 2.61. The van der Waals surface area contributed by atoms with Gasteiger partial charge in [0.25, 0.3) is 0 Å². The Balaban J connectivity index is 1.92. The van der Waals surface area contributed by atoms with E-state index in [2.05, 4.69) is 5.32 Å². The zero-order valence-electron chi connectivity index (χ0n) is 6.60. The summed E-state index contributed by atoms with van der Waals surface area (Å²) >= 11 is 0. The average Bonchev–Trinajstić information content (AvgIpc) is 2.66. The van der Waals surface area contributed by atoms with Crippen molar-refractivity contribution in [1.82, 2.24) is 5.32 Å². The van der Waals surface area contributed by atoms with Crippen molar-refractivity contribution in [3.8, 4) is 0 Å². The van der Waals surface area contributed by atoms with Crippen molar-refractivity contribution >= 4 is 5.91 Å². The number of rotatable bonds is 1. The van der Waals surface area contributed by atoms with Crippen molar-refractivity contribution in [1.29, 1.82) is 0 Å². The van der Waals surface area contributed by atoms with Crippen LogP contribution in [0.3, 0.4) is 0 Å². The Morgan fingerprint density at radius 1 is 1.36 bits per heavy atom. The van der Waals surface area contributed by atoms with Crippen molar-refractivity contribution in [2.75, 3.05) is 6.54 Å². The fourth-order valence-corrected chi connectivity index (χ4v) is 2.93. The molecule has 1 heterocycles. The maximum Gasteiger partial charge on any atom is 0.223 e. The van der Waals surface area contributed by atoms with E-state index < -0.39 is 0 Å². The van der Waals surface area contributed by atoms with E-state index in [1.807, 2.05) is 0 Å². The smallest absolute Gasteiger partial charge is 0.223 e. The van der Waals surface area contributed by atoms with E-state index in [1.54, 1.807) is 0 Å². The summed E-state index contributed by atoms with van der Waals surface area (Å²) in [6, 6.07) is 0. The number of carbonyl (C=O) groups excluding carboxylic acids is 1. The van der Waals surface area contributed by atoms with Gasteiger partial charge in [-0.2, -0.15) is 0 Å². The lowest BCUT2D eigenvalue weighted by atomic mass is 9.59. The number of fused-ring (bicyclic) bond motifs is 1. The second-order valence-corrected chi connectivity index (χ2v) is 4.32. The first kappa shape index (κ1) is 6.04. The van der Waals surface area contributed by atoms with E-state index in [4.69, 9.17) is 0 Å². The molecule has 2 unspecified atom stereocenters. The van der Waals surface area contributed by atoms with Crippen molar-refractivity contribution in [3.05, 3.63) is 0 Å². The summed E-state index contributed by atoms with van der Waals surface area (Å²) in [5, 5.41) is 3.00. The van der Waals surface area contributed by atoms with Gasteiger partial charge in [-0.05, 0) is 31.6 Å². The molecule has 2 atom stereocenters. The van der Waals surface area contributed by atoms with Crippen molar-refractivity contribution in [2.45, 2.75) is 25.7 Å². The third kappa shape index (κ3) is 0.569. The molecule has 2 heteroatoms. The van der Waals surface area contributed by atoms with Crippen LogP contribution < -0.4 is 5.32 Å². The van der Waals surface area contributed by atoms with Gasteiger partial charge in [-0.3, -0.25) is 4.79 Å². The molecule has 0 bridgehead atoms. The molecule has 11 heavy (non-hydrogen) atoms. The van der Waals surface area contributed by atoms with Crippen LogP contribution in [0.15, 0.2) is 0 Å². The van der Waals surface area contributed by atoms with Gasteiger partial charge in [0.05, 0.1) is 0 Å². The molecule has 0 aromatic carbocycles.